The molecule has 1 aromatic carbocycles. The molecule has 1 saturated heterocycles. The number of alkyl halides is 1. The molecule has 1 fully saturated rings. The maximum absolute atomic E-state index is 5.77. The van der Waals surface area contributed by atoms with Gasteiger partial charge in [0, 0.05) is 17.5 Å². The highest BCUT2D eigenvalue weighted by Gasteiger charge is 2.28. The Bertz CT molecular complexity index is 354. The van der Waals surface area contributed by atoms with Crippen LogP contribution in [0.4, 0.5) is 0 Å². The van der Waals surface area contributed by atoms with Gasteiger partial charge in [0.05, 0.1) is 13.2 Å². The van der Waals surface area contributed by atoms with E-state index in [1.54, 1.807) is 0 Å². The Morgan fingerprint density at radius 2 is 1.65 bits per heavy atom. The molecule has 17 heavy (non-hydrogen) atoms. The van der Waals surface area contributed by atoms with Crippen molar-refractivity contribution in [2.45, 2.75) is 25.9 Å². The molecule has 0 amide bonds. The second kappa shape index (κ2) is 5.67. The molecule has 1 aliphatic heterocycles. The molecular formula is C13H18ClO2P. The number of rotatable bonds is 3. The smallest absolute Gasteiger partial charge is 0.175 e. The molecule has 94 valence electrons. The highest BCUT2D eigenvalue weighted by molar-refractivity contribution is 7.46. The first-order valence-electron chi connectivity index (χ1n) is 5.76. The van der Waals surface area contributed by atoms with Gasteiger partial charge in [0.25, 0.3) is 0 Å². The Labute approximate surface area is 109 Å². The summed E-state index contributed by atoms with van der Waals surface area (Å²) >= 11 is 5.76. The second-order valence-corrected chi connectivity index (χ2v) is 6.92. The minimum atomic E-state index is -0.753. The molecule has 0 bridgehead atoms. The van der Waals surface area contributed by atoms with Crippen LogP contribution in [0.15, 0.2) is 24.3 Å². The second-order valence-electron chi connectivity index (χ2n) is 5.15. The van der Waals surface area contributed by atoms with Gasteiger partial charge in [0.15, 0.2) is 8.38 Å². The summed E-state index contributed by atoms with van der Waals surface area (Å²) in [6.45, 7) is 5.90. The molecule has 0 atom stereocenters. The number of hydrogen-bond donors (Lipinski definition) is 0. The third kappa shape index (κ3) is 3.93. The molecule has 2 nitrogen and oxygen atoms in total. The number of hydrogen-bond acceptors (Lipinski definition) is 2. The van der Waals surface area contributed by atoms with Gasteiger partial charge in [-0.1, -0.05) is 38.1 Å². The van der Waals surface area contributed by atoms with E-state index in [4.69, 9.17) is 20.6 Å². The van der Waals surface area contributed by atoms with Gasteiger partial charge in [0.2, 0.25) is 0 Å². The van der Waals surface area contributed by atoms with E-state index in [0.29, 0.717) is 5.88 Å². The molecule has 0 unspecified atom stereocenters. The largest absolute Gasteiger partial charge is 0.333 e. The molecule has 0 aromatic heterocycles. The Kier molecular flexibility index (Phi) is 4.43. The highest BCUT2D eigenvalue weighted by Crippen LogP contribution is 2.48. The molecule has 0 aliphatic carbocycles. The number of halogens is 1. The highest BCUT2D eigenvalue weighted by atomic mass is 35.5. The Morgan fingerprint density at radius 3 is 2.18 bits per heavy atom. The fourth-order valence-corrected chi connectivity index (χ4v) is 3.48. The van der Waals surface area contributed by atoms with E-state index in [-0.39, 0.29) is 5.41 Å². The van der Waals surface area contributed by atoms with Crippen LogP contribution >= 0.6 is 20.0 Å². The molecule has 1 aliphatic rings. The van der Waals surface area contributed by atoms with Crippen molar-refractivity contribution in [2.24, 2.45) is 5.41 Å². The summed E-state index contributed by atoms with van der Waals surface area (Å²) in [6, 6.07) is 8.33. The molecule has 0 radical (unpaired) electrons. The van der Waals surface area contributed by atoms with Crippen LogP contribution in [-0.2, 0) is 21.1 Å². The van der Waals surface area contributed by atoms with Gasteiger partial charge < -0.3 is 9.05 Å². The summed E-state index contributed by atoms with van der Waals surface area (Å²) in [5, 5.41) is 0. The maximum Gasteiger partial charge on any atom is 0.175 e. The van der Waals surface area contributed by atoms with Crippen LogP contribution in [0.25, 0.3) is 0 Å². The van der Waals surface area contributed by atoms with Crippen LogP contribution in [0.1, 0.15) is 25.0 Å². The van der Waals surface area contributed by atoms with Crippen LogP contribution in [0, 0.1) is 5.41 Å². The Hall–Kier alpha value is -0.140. The van der Waals surface area contributed by atoms with Crippen molar-refractivity contribution in [3.05, 3.63) is 35.4 Å². The zero-order chi connectivity index (χ0) is 12.3. The minimum absolute atomic E-state index is 0.154. The third-order valence-corrected chi connectivity index (χ3v) is 4.45. The lowest BCUT2D eigenvalue weighted by Crippen LogP contribution is -2.28. The predicted molar refractivity (Wildman–Crippen MR) is 72.3 cm³/mol. The van der Waals surface area contributed by atoms with Crippen molar-refractivity contribution < 1.29 is 9.05 Å². The first-order valence-corrected chi connectivity index (χ1v) is 7.66. The Morgan fingerprint density at radius 1 is 1.12 bits per heavy atom. The Balaban J connectivity index is 1.89. The zero-order valence-corrected chi connectivity index (χ0v) is 11.9. The van der Waals surface area contributed by atoms with Crippen LogP contribution in [0.2, 0.25) is 0 Å². The summed E-state index contributed by atoms with van der Waals surface area (Å²) in [5.74, 6) is 0.566. The molecule has 0 spiro atoms. The van der Waals surface area contributed by atoms with Crippen molar-refractivity contribution in [1.29, 1.82) is 0 Å². The van der Waals surface area contributed by atoms with Gasteiger partial charge >= 0.3 is 0 Å². The zero-order valence-electron chi connectivity index (χ0n) is 10.3. The van der Waals surface area contributed by atoms with Crippen molar-refractivity contribution in [2.75, 3.05) is 13.2 Å². The lowest BCUT2D eigenvalue weighted by molar-refractivity contribution is 0.0613. The van der Waals surface area contributed by atoms with Gasteiger partial charge in [-0.3, -0.25) is 0 Å². The average Bonchev–Trinajstić information content (AvgIpc) is 2.33. The molecule has 1 heterocycles. The standard InChI is InChI=1S/C13H18ClO2P/c1-13(2)9-15-17(16-10-13)8-12-5-3-11(7-14)4-6-12/h3-6H,7-10H2,1-2H3. The van der Waals surface area contributed by atoms with E-state index in [2.05, 4.69) is 38.1 Å². The predicted octanol–water partition coefficient (Wildman–Crippen LogP) is 4.31. The summed E-state index contributed by atoms with van der Waals surface area (Å²) in [4.78, 5) is 0. The third-order valence-electron chi connectivity index (χ3n) is 2.69. The van der Waals surface area contributed by atoms with Crippen molar-refractivity contribution in [3.8, 4) is 0 Å². The van der Waals surface area contributed by atoms with Gasteiger partial charge in [-0.25, -0.2) is 0 Å². The fraction of sp³-hybridized carbons (Fsp3) is 0.538. The monoisotopic (exact) mass is 272 g/mol. The quantitative estimate of drug-likeness (QED) is 0.603. The number of benzene rings is 1. The topological polar surface area (TPSA) is 18.5 Å². The summed E-state index contributed by atoms with van der Waals surface area (Å²) < 4.78 is 11.5. The van der Waals surface area contributed by atoms with Gasteiger partial charge in [0.1, 0.15) is 0 Å². The van der Waals surface area contributed by atoms with Crippen LogP contribution in [0.3, 0.4) is 0 Å². The van der Waals surface area contributed by atoms with Gasteiger partial charge in [-0.15, -0.1) is 11.6 Å². The van der Waals surface area contributed by atoms with Crippen molar-refractivity contribution in [1.82, 2.24) is 0 Å². The van der Waals surface area contributed by atoms with E-state index in [1.807, 2.05) is 0 Å². The first-order chi connectivity index (χ1) is 8.09. The minimum Gasteiger partial charge on any atom is -0.333 e. The lowest BCUT2D eigenvalue weighted by atomic mass is 9.97. The molecule has 4 heteroatoms. The van der Waals surface area contributed by atoms with E-state index in [0.717, 1.165) is 24.9 Å². The van der Waals surface area contributed by atoms with Crippen LogP contribution in [0.5, 0.6) is 0 Å². The lowest BCUT2D eigenvalue weighted by Gasteiger charge is -2.33. The summed E-state index contributed by atoms with van der Waals surface area (Å²) in [5.41, 5.74) is 2.56. The van der Waals surface area contributed by atoms with Crippen LogP contribution < -0.4 is 0 Å². The van der Waals surface area contributed by atoms with Crippen molar-refractivity contribution >= 4 is 20.0 Å². The van der Waals surface area contributed by atoms with Crippen LogP contribution in [-0.4, -0.2) is 13.2 Å². The average molecular weight is 273 g/mol. The van der Waals surface area contributed by atoms with E-state index in [1.165, 1.54) is 5.56 Å². The first kappa shape index (κ1) is 13.3. The summed E-state index contributed by atoms with van der Waals surface area (Å²) in [6.07, 6.45) is 0.869. The SMILES string of the molecule is CC1(C)COP(Cc2ccc(CCl)cc2)OC1. The fourth-order valence-electron chi connectivity index (χ4n) is 1.55. The van der Waals surface area contributed by atoms with Gasteiger partial charge in [-0.2, -0.15) is 0 Å². The van der Waals surface area contributed by atoms with Crippen molar-refractivity contribution in [3.63, 3.8) is 0 Å². The maximum atomic E-state index is 5.77. The van der Waals surface area contributed by atoms with E-state index < -0.39 is 8.38 Å². The molecular weight excluding hydrogens is 255 g/mol. The normalized spacial score (nSPS) is 20.4. The molecule has 2 rings (SSSR count). The van der Waals surface area contributed by atoms with Gasteiger partial charge in [-0.05, 0) is 11.1 Å². The molecule has 1 aromatic rings. The van der Waals surface area contributed by atoms with E-state index in [9.17, 15) is 0 Å². The summed E-state index contributed by atoms with van der Waals surface area (Å²) in [7, 11) is -0.753. The molecule has 0 saturated carbocycles. The van der Waals surface area contributed by atoms with E-state index >= 15 is 0 Å². The molecule has 0 N–H and O–H groups in total.